The van der Waals surface area contributed by atoms with E-state index in [1.807, 2.05) is 25.1 Å². The summed E-state index contributed by atoms with van der Waals surface area (Å²) in [5, 5.41) is 4.44. The number of nitrogens with one attached hydrogen (secondary N) is 1. The van der Waals surface area contributed by atoms with Crippen LogP contribution in [-0.2, 0) is 17.6 Å². The van der Waals surface area contributed by atoms with E-state index in [1.54, 1.807) is 25.3 Å². The van der Waals surface area contributed by atoms with E-state index in [4.69, 9.17) is 20.8 Å². The Morgan fingerprint density at radius 2 is 2.00 bits per heavy atom. The maximum atomic E-state index is 12.5. The highest BCUT2D eigenvalue weighted by Crippen LogP contribution is 2.37. The van der Waals surface area contributed by atoms with Gasteiger partial charge in [0.2, 0.25) is 5.91 Å². The van der Waals surface area contributed by atoms with Crippen LogP contribution in [0.5, 0.6) is 5.75 Å². The van der Waals surface area contributed by atoms with Crippen molar-refractivity contribution in [3.8, 4) is 5.75 Å². The van der Waals surface area contributed by atoms with Crippen LogP contribution in [0.2, 0.25) is 5.02 Å². The summed E-state index contributed by atoms with van der Waals surface area (Å²) in [6, 6.07) is 11.2. The number of para-hydroxylation sites is 1. The van der Waals surface area contributed by atoms with Crippen LogP contribution in [-0.4, -0.2) is 13.0 Å². The van der Waals surface area contributed by atoms with Gasteiger partial charge in [0.05, 0.1) is 17.8 Å². The molecule has 144 valence electrons. The van der Waals surface area contributed by atoms with Gasteiger partial charge in [0.1, 0.15) is 17.1 Å². The number of furan rings is 1. The number of hydrogen-bond donors (Lipinski definition) is 1. The van der Waals surface area contributed by atoms with Gasteiger partial charge in [-0.15, -0.1) is 0 Å². The lowest BCUT2D eigenvalue weighted by Crippen LogP contribution is -2.09. The van der Waals surface area contributed by atoms with Gasteiger partial charge in [0.25, 0.3) is 0 Å². The number of rotatable bonds is 4. The molecule has 1 heterocycles. The van der Waals surface area contributed by atoms with E-state index in [2.05, 4.69) is 11.4 Å². The van der Waals surface area contributed by atoms with Crippen molar-refractivity contribution >= 4 is 39.7 Å². The van der Waals surface area contributed by atoms with Crippen molar-refractivity contribution in [2.24, 2.45) is 0 Å². The van der Waals surface area contributed by atoms with E-state index in [0.29, 0.717) is 16.5 Å². The number of ether oxygens (including phenoxy) is 1. The Labute approximate surface area is 169 Å². The molecule has 28 heavy (non-hydrogen) atoms. The zero-order valence-corrected chi connectivity index (χ0v) is 16.7. The number of carbonyl (C=O) groups is 1. The third kappa shape index (κ3) is 3.52. The topological polar surface area (TPSA) is 51.5 Å². The molecule has 0 atom stereocenters. The molecule has 0 spiro atoms. The molecule has 1 aliphatic carbocycles. The summed E-state index contributed by atoms with van der Waals surface area (Å²) in [4.78, 5) is 12.5. The molecule has 1 aromatic heterocycles. The van der Waals surface area contributed by atoms with Crippen LogP contribution in [0.25, 0.3) is 16.5 Å². The quantitative estimate of drug-likeness (QED) is 0.550. The van der Waals surface area contributed by atoms with Gasteiger partial charge in [-0.3, -0.25) is 4.79 Å². The molecule has 0 aliphatic heterocycles. The predicted molar refractivity (Wildman–Crippen MR) is 113 cm³/mol. The van der Waals surface area contributed by atoms with Crippen LogP contribution in [0.15, 0.2) is 46.9 Å². The number of hydrogen-bond acceptors (Lipinski definition) is 3. The summed E-state index contributed by atoms with van der Waals surface area (Å²) < 4.78 is 11.6. The first-order valence-electron chi connectivity index (χ1n) is 9.43. The zero-order chi connectivity index (χ0) is 19.7. The summed E-state index contributed by atoms with van der Waals surface area (Å²) in [7, 11) is 1.63. The number of fused-ring (bicyclic) bond motifs is 3. The summed E-state index contributed by atoms with van der Waals surface area (Å²) >= 11 is 6.12. The van der Waals surface area contributed by atoms with Gasteiger partial charge in [-0.1, -0.05) is 23.7 Å². The minimum absolute atomic E-state index is 0.234. The van der Waals surface area contributed by atoms with Gasteiger partial charge >= 0.3 is 0 Å². The highest BCUT2D eigenvalue weighted by atomic mass is 35.5. The summed E-state index contributed by atoms with van der Waals surface area (Å²) in [6.45, 7) is 1.91. The van der Waals surface area contributed by atoms with Crippen LogP contribution < -0.4 is 10.1 Å². The summed E-state index contributed by atoms with van der Waals surface area (Å²) in [6.07, 6.45) is 5.93. The molecule has 1 amide bonds. The fraction of sp³-hybridized carbons (Fsp3) is 0.261. The number of methoxy groups -OCH3 is 1. The monoisotopic (exact) mass is 395 g/mol. The first-order chi connectivity index (χ1) is 13.6. The van der Waals surface area contributed by atoms with Crippen LogP contribution in [0.4, 0.5) is 5.69 Å². The molecule has 4 rings (SSSR count). The number of carbonyl (C=O) groups excluding carboxylic acids is 1. The van der Waals surface area contributed by atoms with E-state index in [0.717, 1.165) is 47.1 Å². The van der Waals surface area contributed by atoms with Gasteiger partial charge < -0.3 is 14.5 Å². The van der Waals surface area contributed by atoms with Crippen molar-refractivity contribution in [2.45, 2.75) is 32.6 Å². The molecule has 4 nitrogen and oxygen atoms in total. The van der Waals surface area contributed by atoms with Gasteiger partial charge in [-0.25, -0.2) is 0 Å². The van der Waals surface area contributed by atoms with Crippen molar-refractivity contribution in [1.82, 2.24) is 0 Å². The minimum atomic E-state index is -0.234. The Morgan fingerprint density at radius 3 is 2.79 bits per heavy atom. The smallest absolute Gasteiger partial charge is 0.248 e. The Kier molecular flexibility index (Phi) is 5.14. The second kappa shape index (κ2) is 7.72. The minimum Gasteiger partial charge on any atom is -0.496 e. The van der Waals surface area contributed by atoms with Gasteiger partial charge in [-0.05, 0) is 50.0 Å². The maximum Gasteiger partial charge on any atom is 0.248 e. The first kappa shape index (κ1) is 18.6. The Balaban J connectivity index is 1.69. The molecule has 0 saturated carbocycles. The number of amides is 1. The molecule has 2 aromatic carbocycles. The van der Waals surface area contributed by atoms with E-state index >= 15 is 0 Å². The second-order valence-electron chi connectivity index (χ2n) is 7.06. The predicted octanol–water partition coefficient (Wildman–Crippen LogP) is 6.02. The fourth-order valence-corrected chi connectivity index (χ4v) is 3.96. The third-order valence-corrected chi connectivity index (χ3v) is 5.51. The van der Waals surface area contributed by atoms with Crippen molar-refractivity contribution in [3.05, 3.63) is 64.4 Å². The van der Waals surface area contributed by atoms with Crippen LogP contribution in [0.3, 0.4) is 0 Å². The number of benzene rings is 2. The Morgan fingerprint density at radius 1 is 1.21 bits per heavy atom. The lowest BCUT2D eigenvalue weighted by Gasteiger charge is -2.11. The fourth-order valence-electron chi connectivity index (χ4n) is 3.77. The molecule has 1 aliphatic rings. The van der Waals surface area contributed by atoms with Gasteiger partial charge in [0, 0.05) is 35.1 Å². The normalized spacial score (nSPS) is 14.0. The standard InChI is InChI=1S/C23H22ClNO3/c1-14(11-23(26)25-19-9-5-4-8-18(19)24)16-12-17-15-7-3-6-10-20(15)28-22(17)13-21(16)27-2/h4-5,8-9,11-13H,3,6-7,10H2,1-2H3,(H,25,26)/b14-11+. The Bertz CT molecular complexity index is 1080. The van der Waals surface area contributed by atoms with Crippen LogP contribution in [0.1, 0.15) is 36.7 Å². The Hall–Kier alpha value is -2.72. The van der Waals surface area contributed by atoms with Gasteiger partial charge in [0.15, 0.2) is 0 Å². The average Bonchev–Trinajstić information content (AvgIpc) is 3.06. The average molecular weight is 396 g/mol. The molecule has 1 N–H and O–H groups in total. The number of anilines is 1. The molecule has 5 heteroatoms. The van der Waals surface area contributed by atoms with Crippen molar-refractivity contribution in [2.75, 3.05) is 12.4 Å². The summed E-state index contributed by atoms with van der Waals surface area (Å²) in [5.74, 6) is 1.54. The molecular formula is C23H22ClNO3. The highest BCUT2D eigenvalue weighted by molar-refractivity contribution is 6.33. The summed E-state index contributed by atoms with van der Waals surface area (Å²) in [5.41, 5.74) is 4.43. The molecular weight excluding hydrogens is 374 g/mol. The number of allylic oxidation sites excluding steroid dienone is 1. The molecule has 0 bridgehead atoms. The van der Waals surface area contributed by atoms with Crippen molar-refractivity contribution < 1.29 is 13.9 Å². The molecule has 0 fully saturated rings. The van der Waals surface area contributed by atoms with Crippen molar-refractivity contribution in [1.29, 1.82) is 0 Å². The molecule has 0 saturated heterocycles. The third-order valence-electron chi connectivity index (χ3n) is 5.18. The van der Waals surface area contributed by atoms with E-state index in [1.165, 1.54) is 12.0 Å². The van der Waals surface area contributed by atoms with Crippen LogP contribution >= 0.6 is 11.6 Å². The largest absolute Gasteiger partial charge is 0.496 e. The molecule has 0 unspecified atom stereocenters. The number of halogens is 1. The highest BCUT2D eigenvalue weighted by Gasteiger charge is 2.20. The zero-order valence-electron chi connectivity index (χ0n) is 16.0. The van der Waals surface area contributed by atoms with Crippen LogP contribution in [0, 0.1) is 0 Å². The maximum absolute atomic E-state index is 12.5. The van der Waals surface area contributed by atoms with E-state index in [9.17, 15) is 4.79 Å². The van der Waals surface area contributed by atoms with Gasteiger partial charge in [-0.2, -0.15) is 0 Å². The number of aryl methyl sites for hydroxylation is 2. The second-order valence-corrected chi connectivity index (χ2v) is 7.46. The van der Waals surface area contributed by atoms with E-state index < -0.39 is 0 Å². The lowest BCUT2D eigenvalue weighted by molar-refractivity contribution is -0.111. The SMILES string of the molecule is COc1cc2oc3c(c2cc1/C(C)=C/C(=O)Nc1ccccc1Cl)CCCC3. The molecule has 3 aromatic rings. The first-order valence-corrected chi connectivity index (χ1v) is 9.81. The van der Waals surface area contributed by atoms with E-state index in [-0.39, 0.29) is 5.91 Å². The molecule has 0 radical (unpaired) electrons. The van der Waals surface area contributed by atoms with Crippen molar-refractivity contribution in [3.63, 3.8) is 0 Å². The lowest BCUT2D eigenvalue weighted by atomic mass is 9.94.